The minimum Gasteiger partial charge on any atom is -0.495 e. The van der Waals surface area contributed by atoms with Gasteiger partial charge in [-0.15, -0.1) is 11.8 Å². The highest BCUT2D eigenvalue weighted by atomic mass is 32.2. The quantitative estimate of drug-likeness (QED) is 0.595. The fourth-order valence-corrected chi connectivity index (χ4v) is 6.15. The standard InChI is InChI=1S/C26H30N4O4S/c1-34-21-10-4-2-8-19(21)27-14-16-28(17-15-27)23(31)18-30-20-9-3-5-11-22(20)35-24(26(30)33)25(32)29-12-6-7-13-29/h2-5,8-11,24H,6-7,12-18H2,1H3/t24-/m1/s1. The van der Waals surface area contributed by atoms with E-state index in [0.29, 0.717) is 45.0 Å². The highest BCUT2D eigenvalue weighted by Gasteiger charge is 2.41. The third-order valence-electron chi connectivity index (χ3n) is 6.88. The molecule has 0 aromatic heterocycles. The van der Waals surface area contributed by atoms with Gasteiger partial charge in [0.25, 0.3) is 5.91 Å². The van der Waals surface area contributed by atoms with Gasteiger partial charge >= 0.3 is 0 Å². The summed E-state index contributed by atoms with van der Waals surface area (Å²) in [5.74, 6) is 0.266. The zero-order valence-electron chi connectivity index (χ0n) is 19.9. The van der Waals surface area contributed by atoms with Gasteiger partial charge in [0.1, 0.15) is 12.3 Å². The van der Waals surface area contributed by atoms with Crippen molar-refractivity contribution in [3.63, 3.8) is 0 Å². The highest BCUT2D eigenvalue weighted by Crippen LogP contribution is 2.40. The number of piperazine rings is 1. The van der Waals surface area contributed by atoms with Crippen molar-refractivity contribution >= 4 is 40.9 Å². The summed E-state index contributed by atoms with van der Waals surface area (Å²) in [5, 5.41) is -0.835. The molecule has 2 aromatic carbocycles. The van der Waals surface area contributed by atoms with Gasteiger partial charge in [-0.25, -0.2) is 0 Å². The number of carbonyl (C=O) groups is 3. The number of amides is 3. The molecule has 3 amide bonds. The Balaban J connectivity index is 1.28. The minimum absolute atomic E-state index is 0.0607. The Kier molecular flexibility index (Phi) is 6.86. The van der Waals surface area contributed by atoms with Gasteiger partial charge in [0.15, 0.2) is 5.25 Å². The van der Waals surface area contributed by atoms with Crippen LogP contribution in [0.3, 0.4) is 0 Å². The molecule has 0 saturated carbocycles. The van der Waals surface area contributed by atoms with Gasteiger partial charge in [-0.2, -0.15) is 0 Å². The summed E-state index contributed by atoms with van der Waals surface area (Å²) in [5.41, 5.74) is 1.72. The number of methoxy groups -OCH3 is 1. The zero-order chi connectivity index (χ0) is 24.4. The van der Waals surface area contributed by atoms with Crippen LogP contribution in [0.2, 0.25) is 0 Å². The largest absolute Gasteiger partial charge is 0.495 e. The Morgan fingerprint density at radius 1 is 0.886 bits per heavy atom. The molecule has 2 fully saturated rings. The second-order valence-electron chi connectivity index (χ2n) is 8.96. The molecule has 8 nitrogen and oxygen atoms in total. The van der Waals surface area contributed by atoms with E-state index in [1.807, 2.05) is 48.5 Å². The van der Waals surface area contributed by atoms with Gasteiger partial charge in [0, 0.05) is 44.2 Å². The number of nitrogens with zero attached hydrogens (tertiary/aromatic N) is 4. The SMILES string of the molecule is COc1ccccc1N1CCN(C(=O)CN2C(=O)[C@@H](C(=O)N3CCCC3)Sc3ccccc32)CC1. The van der Waals surface area contributed by atoms with Crippen LogP contribution in [0.4, 0.5) is 11.4 Å². The van der Waals surface area contributed by atoms with Crippen molar-refractivity contribution in [2.24, 2.45) is 0 Å². The summed E-state index contributed by atoms with van der Waals surface area (Å²) < 4.78 is 5.49. The lowest BCUT2D eigenvalue weighted by Gasteiger charge is -2.38. The monoisotopic (exact) mass is 494 g/mol. The molecular weight excluding hydrogens is 464 g/mol. The first-order valence-electron chi connectivity index (χ1n) is 12.1. The van der Waals surface area contributed by atoms with Crippen molar-refractivity contribution in [2.75, 3.05) is 62.7 Å². The Bertz CT molecular complexity index is 1110. The molecule has 184 valence electrons. The molecule has 0 aliphatic carbocycles. The van der Waals surface area contributed by atoms with E-state index in [4.69, 9.17) is 4.74 Å². The maximum absolute atomic E-state index is 13.5. The summed E-state index contributed by atoms with van der Waals surface area (Å²) in [6, 6.07) is 15.4. The van der Waals surface area contributed by atoms with E-state index in [9.17, 15) is 14.4 Å². The van der Waals surface area contributed by atoms with Crippen molar-refractivity contribution in [3.05, 3.63) is 48.5 Å². The molecule has 0 spiro atoms. The number of hydrogen-bond donors (Lipinski definition) is 0. The molecule has 0 unspecified atom stereocenters. The van der Waals surface area contributed by atoms with Crippen LogP contribution >= 0.6 is 11.8 Å². The normalized spacial score (nSPS) is 20.1. The molecule has 0 bridgehead atoms. The number of likely N-dealkylation sites (tertiary alicyclic amines) is 1. The number of para-hydroxylation sites is 3. The van der Waals surface area contributed by atoms with E-state index in [1.54, 1.807) is 16.9 Å². The molecule has 0 N–H and O–H groups in total. The first-order chi connectivity index (χ1) is 17.1. The van der Waals surface area contributed by atoms with E-state index in [-0.39, 0.29) is 24.3 Å². The van der Waals surface area contributed by atoms with Gasteiger partial charge in [-0.1, -0.05) is 24.3 Å². The summed E-state index contributed by atoms with van der Waals surface area (Å²) in [6.07, 6.45) is 1.94. The van der Waals surface area contributed by atoms with Gasteiger partial charge in [-0.05, 0) is 37.1 Å². The van der Waals surface area contributed by atoms with Crippen molar-refractivity contribution in [1.29, 1.82) is 0 Å². The maximum Gasteiger partial charge on any atom is 0.250 e. The van der Waals surface area contributed by atoms with Crippen molar-refractivity contribution in [2.45, 2.75) is 23.0 Å². The van der Waals surface area contributed by atoms with E-state index < -0.39 is 5.25 Å². The number of benzene rings is 2. The zero-order valence-corrected chi connectivity index (χ0v) is 20.7. The van der Waals surface area contributed by atoms with Crippen LogP contribution in [0.25, 0.3) is 0 Å². The molecule has 3 aliphatic rings. The highest BCUT2D eigenvalue weighted by molar-refractivity contribution is 8.01. The molecule has 5 rings (SSSR count). The average molecular weight is 495 g/mol. The van der Waals surface area contributed by atoms with Crippen LogP contribution < -0.4 is 14.5 Å². The Hall–Kier alpha value is -3.20. The van der Waals surface area contributed by atoms with Crippen molar-refractivity contribution in [3.8, 4) is 5.75 Å². The third-order valence-corrected chi connectivity index (χ3v) is 8.12. The molecule has 2 aromatic rings. The second-order valence-corrected chi connectivity index (χ2v) is 10.1. The lowest BCUT2D eigenvalue weighted by molar-refractivity contribution is -0.135. The van der Waals surface area contributed by atoms with Gasteiger partial charge in [0.05, 0.1) is 18.5 Å². The number of anilines is 2. The lowest BCUT2D eigenvalue weighted by atomic mass is 10.2. The molecular formula is C26H30N4O4S. The summed E-state index contributed by atoms with van der Waals surface area (Å²) in [4.78, 5) is 48.1. The third kappa shape index (κ3) is 4.69. The predicted molar refractivity (Wildman–Crippen MR) is 136 cm³/mol. The Morgan fingerprint density at radius 2 is 1.54 bits per heavy atom. The summed E-state index contributed by atoms with van der Waals surface area (Å²) in [6.45, 7) is 3.82. The number of ether oxygens (including phenoxy) is 1. The van der Waals surface area contributed by atoms with Gasteiger partial charge in [-0.3, -0.25) is 14.4 Å². The fraction of sp³-hybridized carbons (Fsp3) is 0.423. The number of hydrogen-bond acceptors (Lipinski definition) is 6. The summed E-state index contributed by atoms with van der Waals surface area (Å²) in [7, 11) is 1.66. The number of fused-ring (bicyclic) bond motifs is 1. The van der Waals surface area contributed by atoms with Crippen molar-refractivity contribution in [1.82, 2.24) is 9.80 Å². The number of carbonyl (C=O) groups excluding carboxylic acids is 3. The van der Waals surface area contributed by atoms with E-state index >= 15 is 0 Å². The Labute approximate surface area is 209 Å². The van der Waals surface area contributed by atoms with Gasteiger partial charge in [0.2, 0.25) is 11.8 Å². The Morgan fingerprint density at radius 3 is 2.26 bits per heavy atom. The number of thioether (sulfide) groups is 1. The van der Waals surface area contributed by atoms with Crippen LogP contribution in [-0.2, 0) is 14.4 Å². The van der Waals surface area contributed by atoms with E-state index in [2.05, 4.69) is 4.90 Å². The van der Waals surface area contributed by atoms with E-state index in [0.717, 1.165) is 29.2 Å². The first kappa shape index (κ1) is 23.5. The average Bonchev–Trinajstić information content (AvgIpc) is 3.45. The van der Waals surface area contributed by atoms with Crippen molar-refractivity contribution < 1.29 is 19.1 Å². The molecule has 2 saturated heterocycles. The molecule has 0 radical (unpaired) electrons. The topological polar surface area (TPSA) is 73.4 Å². The van der Waals surface area contributed by atoms with Crippen LogP contribution in [0, 0.1) is 0 Å². The molecule has 3 aliphatic heterocycles. The molecule has 35 heavy (non-hydrogen) atoms. The summed E-state index contributed by atoms with van der Waals surface area (Å²) >= 11 is 1.30. The predicted octanol–water partition coefficient (Wildman–Crippen LogP) is 2.47. The minimum atomic E-state index is -0.835. The molecule has 9 heteroatoms. The van der Waals surface area contributed by atoms with Crippen LogP contribution in [0.15, 0.2) is 53.4 Å². The second kappa shape index (κ2) is 10.2. The lowest BCUT2D eigenvalue weighted by Crippen LogP contribution is -2.55. The molecule has 3 heterocycles. The maximum atomic E-state index is 13.5. The molecule has 1 atom stereocenters. The number of rotatable bonds is 5. The first-order valence-corrected chi connectivity index (χ1v) is 13.0. The van der Waals surface area contributed by atoms with E-state index in [1.165, 1.54) is 16.7 Å². The van der Waals surface area contributed by atoms with Gasteiger partial charge < -0.3 is 24.3 Å². The van der Waals surface area contributed by atoms with Crippen LogP contribution in [0.1, 0.15) is 12.8 Å². The smallest absolute Gasteiger partial charge is 0.250 e. The van der Waals surface area contributed by atoms with Crippen LogP contribution in [-0.4, -0.2) is 85.7 Å². The fourth-order valence-electron chi connectivity index (χ4n) is 4.96. The van der Waals surface area contributed by atoms with Crippen LogP contribution in [0.5, 0.6) is 5.75 Å².